The summed E-state index contributed by atoms with van der Waals surface area (Å²) >= 11 is 0. The van der Waals surface area contributed by atoms with E-state index in [0.717, 1.165) is 11.7 Å². The number of benzene rings is 1. The molecule has 3 heteroatoms. The monoisotopic (exact) mass is 176 g/mol. The van der Waals surface area contributed by atoms with Crippen molar-refractivity contribution < 1.29 is 13.9 Å². The average Bonchev–Trinajstić information content (AvgIpc) is 2.64. The molecular weight excluding hydrogens is 168 g/mol. The van der Waals surface area contributed by atoms with Gasteiger partial charge in [-0.05, 0) is 18.2 Å². The number of hydrogen-bond donors (Lipinski definition) is 0. The van der Waals surface area contributed by atoms with Gasteiger partial charge in [0.15, 0.2) is 17.6 Å². The third-order valence-corrected chi connectivity index (χ3v) is 1.96. The Bertz CT molecular complexity index is 442. The largest absolute Gasteiger partial charge is 0.493 e. The van der Waals surface area contributed by atoms with Crippen molar-refractivity contribution in [3.63, 3.8) is 0 Å². The molecule has 0 bridgehead atoms. The lowest BCUT2D eigenvalue weighted by Gasteiger charge is -2.00. The molecule has 66 valence electrons. The Kier molecular flexibility index (Phi) is 1.77. The maximum absolute atomic E-state index is 10.6. The third-order valence-electron chi connectivity index (χ3n) is 1.96. The number of furan rings is 1. The Balaban J connectivity index is 2.81. The number of aldehydes is 1. The Morgan fingerprint density at radius 1 is 1.38 bits per heavy atom. The van der Waals surface area contributed by atoms with Crippen molar-refractivity contribution >= 4 is 17.3 Å². The first kappa shape index (κ1) is 7.86. The molecule has 0 amide bonds. The van der Waals surface area contributed by atoms with Crippen LogP contribution in [0.5, 0.6) is 5.75 Å². The van der Waals surface area contributed by atoms with Crippen LogP contribution in [-0.2, 0) is 0 Å². The van der Waals surface area contributed by atoms with Crippen LogP contribution in [0.15, 0.2) is 28.9 Å². The summed E-state index contributed by atoms with van der Waals surface area (Å²) in [6.45, 7) is 0. The SMILES string of the molecule is COc1ccc(C=O)c2ccoc12. The molecule has 0 aliphatic rings. The highest BCUT2D eigenvalue weighted by atomic mass is 16.5. The molecular formula is C10H8O3. The van der Waals surface area contributed by atoms with Gasteiger partial charge in [0, 0.05) is 10.9 Å². The fraction of sp³-hybridized carbons (Fsp3) is 0.100. The first-order valence-corrected chi connectivity index (χ1v) is 3.86. The van der Waals surface area contributed by atoms with Crippen LogP contribution >= 0.6 is 0 Å². The molecule has 0 fully saturated rings. The Labute approximate surface area is 74.9 Å². The zero-order valence-electron chi connectivity index (χ0n) is 7.11. The van der Waals surface area contributed by atoms with Gasteiger partial charge in [0.2, 0.25) is 0 Å². The summed E-state index contributed by atoms with van der Waals surface area (Å²) in [5.41, 5.74) is 1.23. The van der Waals surface area contributed by atoms with Crippen LogP contribution in [-0.4, -0.2) is 13.4 Å². The van der Waals surface area contributed by atoms with E-state index in [0.29, 0.717) is 16.9 Å². The van der Waals surface area contributed by atoms with Gasteiger partial charge in [-0.1, -0.05) is 0 Å². The van der Waals surface area contributed by atoms with Crippen LogP contribution in [0.25, 0.3) is 11.0 Å². The molecule has 13 heavy (non-hydrogen) atoms. The molecule has 0 unspecified atom stereocenters. The van der Waals surface area contributed by atoms with E-state index in [1.54, 1.807) is 31.6 Å². The van der Waals surface area contributed by atoms with Gasteiger partial charge in [0.05, 0.1) is 13.4 Å². The second-order valence-electron chi connectivity index (χ2n) is 2.64. The first-order chi connectivity index (χ1) is 6.36. The number of carbonyl (C=O) groups excluding carboxylic acids is 1. The van der Waals surface area contributed by atoms with Gasteiger partial charge in [-0.25, -0.2) is 0 Å². The normalized spacial score (nSPS) is 10.2. The number of ether oxygens (including phenoxy) is 1. The minimum atomic E-state index is 0.615. The van der Waals surface area contributed by atoms with E-state index in [9.17, 15) is 4.79 Å². The van der Waals surface area contributed by atoms with Gasteiger partial charge in [0.25, 0.3) is 0 Å². The molecule has 0 atom stereocenters. The van der Waals surface area contributed by atoms with E-state index < -0.39 is 0 Å². The zero-order chi connectivity index (χ0) is 9.26. The maximum Gasteiger partial charge on any atom is 0.176 e. The van der Waals surface area contributed by atoms with Crippen molar-refractivity contribution in [3.8, 4) is 5.75 Å². The molecule has 1 aromatic heterocycles. The zero-order valence-corrected chi connectivity index (χ0v) is 7.11. The van der Waals surface area contributed by atoms with Crippen molar-refractivity contribution in [1.82, 2.24) is 0 Å². The fourth-order valence-electron chi connectivity index (χ4n) is 1.32. The number of carbonyl (C=O) groups is 1. The smallest absolute Gasteiger partial charge is 0.176 e. The van der Waals surface area contributed by atoms with E-state index in [1.807, 2.05) is 0 Å². The van der Waals surface area contributed by atoms with E-state index in [-0.39, 0.29) is 0 Å². The molecule has 1 aromatic carbocycles. The summed E-state index contributed by atoms with van der Waals surface area (Å²) in [5, 5.41) is 0.786. The Morgan fingerprint density at radius 2 is 2.23 bits per heavy atom. The molecule has 0 spiro atoms. The summed E-state index contributed by atoms with van der Waals surface area (Å²) in [5.74, 6) is 0.644. The summed E-state index contributed by atoms with van der Waals surface area (Å²) < 4.78 is 10.3. The molecule has 3 nitrogen and oxygen atoms in total. The number of rotatable bonds is 2. The van der Waals surface area contributed by atoms with Crippen LogP contribution in [0.1, 0.15) is 10.4 Å². The summed E-state index contributed by atoms with van der Waals surface area (Å²) in [6.07, 6.45) is 2.34. The topological polar surface area (TPSA) is 39.4 Å². The van der Waals surface area contributed by atoms with Crippen molar-refractivity contribution in [3.05, 3.63) is 30.0 Å². The van der Waals surface area contributed by atoms with Gasteiger partial charge in [-0.15, -0.1) is 0 Å². The molecule has 0 N–H and O–H groups in total. The maximum atomic E-state index is 10.6. The van der Waals surface area contributed by atoms with Gasteiger partial charge in [-0.2, -0.15) is 0 Å². The van der Waals surface area contributed by atoms with Crippen LogP contribution in [0.4, 0.5) is 0 Å². The van der Waals surface area contributed by atoms with E-state index in [4.69, 9.17) is 9.15 Å². The Morgan fingerprint density at radius 3 is 2.92 bits per heavy atom. The second-order valence-corrected chi connectivity index (χ2v) is 2.64. The molecule has 2 aromatic rings. The van der Waals surface area contributed by atoms with Gasteiger partial charge >= 0.3 is 0 Å². The summed E-state index contributed by atoms with van der Waals surface area (Å²) in [6, 6.07) is 5.18. The quantitative estimate of drug-likeness (QED) is 0.659. The molecule has 0 aliphatic heterocycles. The lowest BCUT2D eigenvalue weighted by Crippen LogP contribution is -1.86. The number of hydrogen-bond acceptors (Lipinski definition) is 3. The van der Waals surface area contributed by atoms with Gasteiger partial charge in [-0.3, -0.25) is 4.79 Å². The van der Waals surface area contributed by atoms with Crippen LogP contribution in [0.2, 0.25) is 0 Å². The second kappa shape index (κ2) is 2.94. The van der Waals surface area contributed by atoms with Crippen LogP contribution in [0.3, 0.4) is 0 Å². The Hall–Kier alpha value is -1.77. The van der Waals surface area contributed by atoms with Crippen molar-refractivity contribution in [2.45, 2.75) is 0 Å². The van der Waals surface area contributed by atoms with E-state index in [1.165, 1.54) is 0 Å². The molecule has 0 saturated heterocycles. The molecule has 0 aliphatic carbocycles. The highest BCUT2D eigenvalue weighted by Crippen LogP contribution is 2.28. The molecule has 0 saturated carbocycles. The summed E-state index contributed by atoms with van der Waals surface area (Å²) in [4.78, 5) is 10.6. The third kappa shape index (κ3) is 1.09. The summed E-state index contributed by atoms with van der Waals surface area (Å²) in [7, 11) is 1.57. The average molecular weight is 176 g/mol. The molecule has 2 rings (SSSR count). The van der Waals surface area contributed by atoms with Crippen LogP contribution in [0, 0.1) is 0 Å². The van der Waals surface area contributed by atoms with Crippen LogP contribution < -0.4 is 4.74 Å². The molecule has 1 heterocycles. The lowest BCUT2D eigenvalue weighted by molar-refractivity contribution is 0.112. The van der Waals surface area contributed by atoms with Gasteiger partial charge in [0.1, 0.15) is 0 Å². The van der Waals surface area contributed by atoms with E-state index >= 15 is 0 Å². The van der Waals surface area contributed by atoms with Crippen molar-refractivity contribution in [1.29, 1.82) is 0 Å². The van der Waals surface area contributed by atoms with Crippen molar-refractivity contribution in [2.75, 3.05) is 7.11 Å². The van der Waals surface area contributed by atoms with Gasteiger partial charge < -0.3 is 9.15 Å². The standard InChI is InChI=1S/C10H8O3/c1-12-9-3-2-7(6-11)8-4-5-13-10(8)9/h2-6H,1H3. The minimum absolute atomic E-state index is 0.615. The molecule has 0 radical (unpaired) electrons. The number of fused-ring (bicyclic) bond motifs is 1. The minimum Gasteiger partial charge on any atom is -0.493 e. The number of methoxy groups -OCH3 is 1. The van der Waals surface area contributed by atoms with E-state index in [2.05, 4.69) is 0 Å². The predicted octanol–water partition coefficient (Wildman–Crippen LogP) is 2.25. The highest BCUT2D eigenvalue weighted by Gasteiger charge is 2.07. The first-order valence-electron chi connectivity index (χ1n) is 3.86. The van der Waals surface area contributed by atoms with Crippen molar-refractivity contribution in [2.24, 2.45) is 0 Å². The highest BCUT2D eigenvalue weighted by molar-refractivity contribution is 5.98. The fourth-order valence-corrected chi connectivity index (χ4v) is 1.32. The predicted molar refractivity (Wildman–Crippen MR) is 48.2 cm³/mol. The lowest BCUT2D eigenvalue weighted by atomic mass is 10.1.